The van der Waals surface area contributed by atoms with Gasteiger partial charge in [0.05, 0.1) is 0 Å². The molecule has 0 aliphatic heterocycles. The number of benzene rings is 2. The van der Waals surface area contributed by atoms with Crippen LogP contribution in [0.25, 0.3) is 11.5 Å². The van der Waals surface area contributed by atoms with Crippen molar-refractivity contribution in [2.75, 3.05) is 5.75 Å². The van der Waals surface area contributed by atoms with Crippen molar-refractivity contribution in [3.63, 3.8) is 0 Å². The number of hydrogen-bond donors (Lipinski definition) is 0. The lowest BCUT2D eigenvalue weighted by atomic mass is 10.1. The molecule has 0 aliphatic rings. The van der Waals surface area contributed by atoms with E-state index in [0.29, 0.717) is 35.3 Å². The lowest BCUT2D eigenvalue weighted by Gasteiger charge is -2.00. The van der Waals surface area contributed by atoms with Gasteiger partial charge in [0.1, 0.15) is 5.82 Å². The second-order valence-corrected chi connectivity index (χ2v) is 6.67. The molecule has 0 bridgehead atoms. The summed E-state index contributed by atoms with van der Waals surface area (Å²) in [6.45, 7) is 2.02. The van der Waals surface area contributed by atoms with E-state index >= 15 is 0 Å². The van der Waals surface area contributed by atoms with E-state index < -0.39 is 0 Å². The average Bonchev–Trinajstić information content (AvgIpc) is 3.09. The molecular weight excluding hydrogens is 339 g/mol. The van der Waals surface area contributed by atoms with Gasteiger partial charge in [0.2, 0.25) is 5.89 Å². The van der Waals surface area contributed by atoms with Gasteiger partial charge in [0.25, 0.3) is 5.22 Å². The Morgan fingerprint density at radius 1 is 1.08 bits per heavy atom. The second-order valence-electron chi connectivity index (χ2n) is 5.62. The van der Waals surface area contributed by atoms with E-state index in [1.54, 1.807) is 0 Å². The average molecular weight is 356 g/mol. The maximum absolute atomic E-state index is 12.9. The summed E-state index contributed by atoms with van der Waals surface area (Å²) in [7, 11) is 0. The van der Waals surface area contributed by atoms with E-state index in [-0.39, 0.29) is 11.6 Å². The molecule has 0 fully saturated rings. The lowest BCUT2D eigenvalue weighted by Crippen LogP contribution is -1.99. The second kappa shape index (κ2) is 8.07. The van der Waals surface area contributed by atoms with Crippen LogP contribution in [0.15, 0.2) is 58.2 Å². The molecule has 2 aromatic carbocycles. The van der Waals surface area contributed by atoms with Gasteiger partial charge in [-0.15, -0.1) is 10.2 Å². The number of hydrogen-bond acceptors (Lipinski definition) is 5. The fourth-order valence-corrected chi connectivity index (χ4v) is 2.95. The first-order valence-electron chi connectivity index (χ1n) is 7.94. The molecule has 0 N–H and O–H groups in total. The summed E-state index contributed by atoms with van der Waals surface area (Å²) in [5.41, 5.74) is 2.59. The highest BCUT2D eigenvalue weighted by Crippen LogP contribution is 2.24. The highest BCUT2D eigenvalue weighted by molar-refractivity contribution is 7.99. The van der Waals surface area contributed by atoms with Crippen molar-refractivity contribution in [2.24, 2.45) is 0 Å². The molecule has 0 aliphatic carbocycles. The fourth-order valence-electron chi connectivity index (χ4n) is 2.25. The smallest absolute Gasteiger partial charge is 0.276 e. The third-order valence-corrected chi connectivity index (χ3v) is 4.55. The van der Waals surface area contributed by atoms with Crippen LogP contribution in [0.1, 0.15) is 28.8 Å². The van der Waals surface area contributed by atoms with Gasteiger partial charge in [0, 0.05) is 23.3 Å². The molecule has 0 amide bonds. The number of carbonyl (C=O) groups is 1. The number of aromatic nitrogens is 2. The molecule has 0 atom stereocenters. The zero-order chi connectivity index (χ0) is 17.6. The van der Waals surface area contributed by atoms with Gasteiger partial charge >= 0.3 is 0 Å². The molecule has 0 saturated heterocycles. The minimum atomic E-state index is -0.340. The highest BCUT2D eigenvalue weighted by Gasteiger charge is 2.10. The number of Topliss-reactive ketones (excluding diaryl/α,β-unsaturated/α-hetero) is 1. The number of ketones is 1. The number of aryl methyl sites for hydroxylation is 1. The number of nitrogens with zero attached hydrogens (tertiary/aromatic N) is 2. The molecule has 0 radical (unpaired) electrons. The summed E-state index contributed by atoms with van der Waals surface area (Å²) in [4.78, 5) is 12.0. The van der Waals surface area contributed by atoms with Crippen LogP contribution < -0.4 is 0 Å². The van der Waals surface area contributed by atoms with Crippen molar-refractivity contribution in [2.45, 2.75) is 25.0 Å². The van der Waals surface area contributed by atoms with E-state index in [1.165, 1.54) is 41.6 Å². The number of thioether (sulfide) groups is 1. The van der Waals surface area contributed by atoms with Gasteiger partial charge in [0.15, 0.2) is 5.78 Å². The van der Waals surface area contributed by atoms with Gasteiger partial charge in [-0.05, 0) is 49.7 Å². The van der Waals surface area contributed by atoms with Crippen LogP contribution in [0, 0.1) is 12.7 Å². The fraction of sp³-hybridized carbons (Fsp3) is 0.211. The SMILES string of the molecule is Cc1ccc(-c2nnc(SCCCC(=O)c3ccc(F)cc3)o2)cc1. The first kappa shape index (κ1) is 17.4. The molecule has 3 rings (SSSR count). The number of carbonyl (C=O) groups excluding carboxylic acids is 1. The molecule has 0 unspecified atom stereocenters. The Morgan fingerprint density at radius 2 is 1.80 bits per heavy atom. The van der Waals surface area contributed by atoms with Crippen molar-refractivity contribution in [3.8, 4) is 11.5 Å². The normalized spacial score (nSPS) is 10.8. The van der Waals surface area contributed by atoms with E-state index in [0.717, 1.165) is 5.56 Å². The Labute approximate surface area is 149 Å². The molecule has 1 aromatic heterocycles. The predicted octanol–water partition coefficient (Wildman–Crippen LogP) is 4.94. The van der Waals surface area contributed by atoms with E-state index in [2.05, 4.69) is 10.2 Å². The summed E-state index contributed by atoms with van der Waals surface area (Å²) >= 11 is 1.43. The first-order chi connectivity index (χ1) is 12.1. The van der Waals surface area contributed by atoms with Crippen LogP contribution in [-0.2, 0) is 0 Å². The zero-order valence-electron chi connectivity index (χ0n) is 13.7. The highest BCUT2D eigenvalue weighted by atomic mass is 32.2. The lowest BCUT2D eigenvalue weighted by molar-refractivity contribution is 0.0982. The maximum atomic E-state index is 12.9. The van der Waals surface area contributed by atoms with Gasteiger partial charge < -0.3 is 4.42 Å². The van der Waals surface area contributed by atoms with Crippen LogP contribution >= 0.6 is 11.8 Å². The number of halogens is 1. The summed E-state index contributed by atoms with van der Waals surface area (Å²) in [5, 5.41) is 8.56. The van der Waals surface area contributed by atoms with Gasteiger partial charge in [-0.3, -0.25) is 4.79 Å². The van der Waals surface area contributed by atoms with Crippen LogP contribution in [0.2, 0.25) is 0 Å². The zero-order valence-corrected chi connectivity index (χ0v) is 14.6. The Bertz CT molecular complexity index is 845. The first-order valence-corrected chi connectivity index (χ1v) is 8.92. The largest absolute Gasteiger partial charge is 0.411 e. The van der Waals surface area contributed by atoms with Gasteiger partial charge in [-0.1, -0.05) is 29.5 Å². The maximum Gasteiger partial charge on any atom is 0.276 e. The number of rotatable bonds is 7. The van der Waals surface area contributed by atoms with Crippen LogP contribution in [0.4, 0.5) is 4.39 Å². The predicted molar refractivity (Wildman–Crippen MR) is 95.2 cm³/mol. The minimum Gasteiger partial charge on any atom is -0.411 e. The van der Waals surface area contributed by atoms with Crippen LogP contribution in [0.3, 0.4) is 0 Å². The van der Waals surface area contributed by atoms with Crippen molar-refractivity contribution < 1.29 is 13.6 Å². The van der Waals surface area contributed by atoms with E-state index in [1.807, 2.05) is 31.2 Å². The monoisotopic (exact) mass is 356 g/mol. The van der Waals surface area contributed by atoms with Crippen LogP contribution in [0.5, 0.6) is 0 Å². The molecule has 0 saturated carbocycles. The molecular formula is C19H17FN2O2S. The summed E-state index contributed by atoms with van der Waals surface area (Å²) in [6, 6.07) is 13.5. The minimum absolute atomic E-state index is 0.00599. The molecule has 4 nitrogen and oxygen atoms in total. The Kier molecular flexibility index (Phi) is 5.60. The topological polar surface area (TPSA) is 56.0 Å². The third-order valence-electron chi connectivity index (χ3n) is 3.64. The quantitative estimate of drug-likeness (QED) is 0.341. The molecule has 3 aromatic rings. The summed E-state index contributed by atoms with van der Waals surface area (Å²) in [5.74, 6) is 0.854. The molecule has 6 heteroatoms. The third kappa shape index (κ3) is 4.76. The standard InChI is InChI=1S/C19H17FN2O2S/c1-13-4-6-15(7-5-13)18-21-22-19(24-18)25-12-2-3-17(23)14-8-10-16(20)11-9-14/h4-11H,2-3,12H2,1H3. The van der Waals surface area contributed by atoms with Gasteiger partial charge in [-0.2, -0.15) is 0 Å². The molecule has 25 heavy (non-hydrogen) atoms. The van der Waals surface area contributed by atoms with Crippen molar-refractivity contribution in [1.29, 1.82) is 0 Å². The molecule has 0 spiro atoms. The molecule has 128 valence electrons. The Morgan fingerprint density at radius 3 is 2.52 bits per heavy atom. The van der Waals surface area contributed by atoms with Crippen molar-refractivity contribution in [3.05, 3.63) is 65.5 Å². The van der Waals surface area contributed by atoms with E-state index in [4.69, 9.17) is 4.42 Å². The Balaban J connectivity index is 1.47. The van der Waals surface area contributed by atoms with Crippen LogP contribution in [-0.4, -0.2) is 21.7 Å². The van der Waals surface area contributed by atoms with Crippen molar-refractivity contribution >= 4 is 17.5 Å². The van der Waals surface area contributed by atoms with Gasteiger partial charge in [-0.25, -0.2) is 4.39 Å². The summed E-state index contributed by atoms with van der Waals surface area (Å²) in [6.07, 6.45) is 1.08. The molecule has 1 heterocycles. The van der Waals surface area contributed by atoms with Crippen molar-refractivity contribution in [1.82, 2.24) is 10.2 Å². The summed E-state index contributed by atoms with van der Waals surface area (Å²) < 4.78 is 18.5. The Hall–Kier alpha value is -2.47. The van der Waals surface area contributed by atoms with E-state index in [9.17, 15) is 9.18 Å².